The Morgan fingerprint density at radius 2 is 2.18 bits per heavy atom. The molecule has 1 aliphatic heterocycles. The Morgan fingerprint density at radius 3 is 2.68 bits per heavy atom. The minimum Gasteiger partial charge on any atom is -0.444 e. The molecule has 1 aliphatic carbocycles. The van der Waals surface area contributed by atoms with Gasteiger partial charge in [0.2, 0.25) is 0 Å². The zero-order valence-electron chi connectivity index (χ0n) is 14.9. The number of rotatable bonds is 3. The fourth-order valence-electron chi connectivity index (χ4n) is 3.25. The molecule has 0 saturated heterocycles. The molecule has 0 bridgehead atoms. The first-order valence-electron chi connectivity index (χ1n) is 8.54. The normalized spacial score (nSPS) is 25.0. The van der Waals surface area contributed by atoms with Crippen molar-refractivity contribution in [1.29, 1.82) is 0 Å². The van der Waals surface area contributed by atoms with Gasteiger partial charge in [-0.25, -0.2) is 4.79 Å². The first-order chi connectivity index (χ1) is 10.1. The molecule has 4 nitrogen and oxygen atoms in total. The molecule has 0 aromatic carbocycles. The highest BCUT2D eigenvalue weighted by molar-refractivity contribution is 5.68. The number of hydrogen-bond acceptors (Lipinski definition) is 3. The van der Waals surface area contributed by atoms with Crippen LogP contribution < -0.4 is 5.32 Å². The van der Waals surface area contributed by atoms with E-state index in [9.17, 15) is 4.79 Å². The van der Waals surface area contributed by atoms with E-state index in [1.165, 1.54) is 24.8 Å². The van der Waals surface area contributed by atoms with Crippen molar-refractivity contribution in [1.82, 2.24) is 10.2 Å². The van der Waals surface area contributed by atoms with Gasteiger partial charge in [-0.05, 0) is 51.9 Å². The summed E-state index contributed by atoms with van der Waals surface area (Å²) in [5, 5.41) is 3.69. The molecular formula is C18H32N2O2. The van der Waals surface area contributed by atoms with Gasteiger partial charge in [0.15, 0.2) is 0 Å². The molecule has 1 N–H and O–H groups in total. The molecule has 1 heterocycles. The third-order valence-electron chi connectivity index (χ3n) is 4.54. The maximum Gasteiger partial charge on any atom is 0.410 e. The van der Waals surface area contributed by atoms with Gasteiger partial charge in [-0.3, -0.25) is 0 Å². The molecule has 1 atom stereocenters. The SMILES string of the molecule is CC1(C)CCC(NCC2=CCN(C(=O)OC(C)(C)C)CC2)C1. The van der Waals surface area contributed by atoms with Crippen molar-refractivity contribution in [2.75, 3.05) is 19.6 Å². The molecule has 1 saturated carbocycles. The molecule has 1 fully saturated rings. The topological polar surface area (TPSA) is 41.6 Å². The van der Waals surface area contributed by atoms with Crippen molar-refractivity contribution < 1.29 is 9.53 Å². The third kappa shape index (κ3) is 5.31. The van der Waals surface area contributed by atoms with E-state index in [1.54, 1.807) is 4.90 Å². The summed E-state index contributed by atoms with van der Waals surface area (Å²) in [7, 11) is 0. The monoisotopic (exact) mass is 308 g/mol. The van der Waals surface area contributed by atoms with E-state index < -0.39 is 5.60 Å². The van der Waals surface area contributed by atoms with Gasteiger partial charge < -0.3 is 15.0 Å². The van der Waals surface area contributed by atoms with Crippen LogP contribution in [0.25, 0.3) is 0 Å². The van der Waals surface area contributed by atoms with Crippen molar-refractivity contribution in [3.05, 3.63) is 11.6 Å². The summed E-state index contributed by atoms with van der Waals surface area (Å²) in [5.41, 5.74) is 1.49. The quantitative estimate of drug-likeness (QED) is 0.808. The summed E-state index contributed by atoms with van der Waals surface area (Å²) in [4.78, 5) is 13.8. The van der Waals surface area contributed by atoms with E-state index in [0.29, 0.717) is 18.0 Å². The van der Waals surface area contributed by atoms with Crippen LogP contribution >= 0.6 is 0 Å². The van der Waals surface area contributed by atoms with Crippen molar-refractivity contribution in [2.45, 2.75) is 71.9 Å². The van der Waals surface area contributed by atoms with Crippen LogP contribution in [0.1, 0.15) is 60.3 Å². The molecular weight excluding hydrogens is 276 g/mol. The number of ether oxygens (including phenoxy) is 1. The lowest BCUT2D eigenvalue weighted by molar-refractivity contribution is 0.0265. The zero-order chi connectivity index (χ0) is 16.4. The Kier molecular flexibility index (Phi) is 5.21. The molecule has 4 heteroatoms. The second-order valence-electron chi connectivity index (χ2n) is 8.52. The highest BCUT2D eigenvalue weighted by Gasteiger charge is 2.30. The Labute approximate surface area is 135 Å². The van der Waals surface area contributed by atoms with Gasteiger partial charge in [0.1, 0.15) is 5.60 Å². The van der Waals surface area contributed by atoms with Crippen LogP contribution in [0.2, 0.25) is 0 Å². The van der Waals surface area contributed by atoms with Gasteiger partial charge in [0.25, 0.3) is 0 Å². The van der Waals surface area contributed by atoms with Crippen LogP contribution in [0, 0.1) is 5.41 Å². The molecule has 0 aromatic heterocycles. The van der Waals surface area contributed by atoms with Gasteiger partial charge in [-0.1, -0.05) is 25.5 Å². The summed E-state index contributed by atoms with van der Waals surface area (Å²) >= 11 is 0. The maximum absolute atomic E-state index is 12.0. The molecule has 126 valence electrons. The average Bonchev–Trinajstić information content (AvgIpc) is 2.74. The van der Waals surface area contributed by atoms with E-state index in [2.05, 4.69) is 25.2 Å². The van der Waals surface area contributed by atoms with Gasteiger partial charge in [-0.15, -0.1) is 0 Å². The minimum absolute atomic E-state index is 0.201. The van der Waals surface area contributed by atoms with E-state index >= 15 is 0 Å². The lowest BCUT2D eigenvalue weighted by Gasteiger charge is -2.30. The van der Waals surface area contributed by atoms with Crippen molar-refractivity contribution in [3.63, 3.8) is 0 Å². The molecule has 2 rings (SSSR count). The summed E-state index contributed by atoms with van der Waals surface area (Å²) in [6.45, 7) is 12.8. The largest absolute Gasteiger partial charge is 0.444 e. The lowest BCUT2D eigenvalue weighted by Crippen LogP contribution is -2.40. The number of hydrogen-bond donors (Lipinski definition) is 1. The van der Waals surface area contributed by atoms with Crippen molar-refractivity contribution >= 4 is 6.09 Å². The van der Waals surface area contributed by atoms with Crippen molar-refractivity contribution in [2.24, 2.45) is 5.41 Å². The molecule has 0 spiro atoms. The fourth-order valence-corrected chi connectivity index (χ4v) is 3.25. The first kappa shape index (κ1) is 17.3. The van der Waals surface area contributed by atoms with Crippen LogP contribution in [-0.2, 0) is 4.74 Å². The highest BCUT2D eigenvalue weighted by atomic mass is 16.6. The van der Waals surface area contributed by atoms with Gasteiger partial charge in [0.05, 0.1) is 0 Å². The van der Waals surface area contributed by atoms with Gasteiger partial charge in [0, 0.05) is 25.7 Å². The standard InChI is InChI=1S/C18H32N2O2/c1-17(2,3)22-16(21)20-10-7-14(8-11-20)13-19-15-6-9-18(4,5)12-15/h7,15,19H,6,8-13H2,1-5H3. The number of amides is 1. The smallest absolute Gasteiger partial charge is 0.410 e. The Bertz CT molecular complexity index is 435. The summed E-state index contributed by atoms with van der Waals surface area (Å²) < 4.78 is 5.42. The summed E-state index contributed by atoms with van der Waals surface area (Å²) in [5.74, 6) is 0. The highest BCUT2D eigenvalue weighted by Crippen LogP contribution is 2.36. The van der Waals surface area contributed by atoms with Crippen LogP contribution in [0.5, 0.6) is 0 Å². The van der Waals surface area contributed by atoms with Gasteiger partial charge >= 0.3 is 6.09 Å². The predicted molar refractivity (Wildman–Crippen MR) is 89.9 cm³/mol. The molecule has 1 unspecified atom stereocenters. The number of nitrogens with one attached hydrogen (secondary N) is 1. The molecule has 22 heavy (non-hydrogen) atoms. The third-order valence-corrected chi connectivity index (χ3v) is 4.54. The Hall–Kier alpha value is -1.03. The fraction of sp³-hybridized carbons (Fsp3) is 0.833. The van der Waals surface area contributed by atoms with Crippen LogP contribution in [0.15, 0.2) is 11.6 Å². The second-order valence-corrected chi connectivity index (χ2v) is 8.52. The second kappa shape index (κ2) is 6.61. The van der Waals surface area contributed by atoms with E-state index in [4.69, 9.17) is 4.74 Å². The summed E-state index contributed by atoms with van der Waals surface area (Å²) in [6.07, 6.45) is 6.79. The summed E-state index contributed by atoms with van der Waals surface area (Å²) in [6, 6.07) is 0.653. The van der Waals surface area contributed by atoms with Crippen LogP contribution in [0.3, 0.4) is 0 Å². The lowest BCUT2D eigenvalue weighted by atomic mass is 9.92. The van der Waals surface area contributed by atoms with Crippen LogP contribution in [-0.4, -0.2) is 42.3 Å². The number of nitrogens with zero attached hydrogens (tertiary/aromatic N) is 1. The molecule has 0 radical (unpaired) electrons. The predicted octanol–water partition coefficient (Wildman–Crippen LogP) is 3.72. The van der Waals surface area contributed by atoms with Crippen molar-refractivity contribution in [3.8, 4) is 0 Å². The molecule has 2 aliphatic rings. The number of carbonyl (C=O) groups excluding carboxylic acids is 1. The maximum atomic E-state index is 12.0. The van der Waals surface area contributed by atoms with E-state index in [0.717, 1.165) is 19.5 Å². The average molecular weight is 308 g/mol. The number of carbonyl (C=O) groups is 1. The van der Waals surface area contributed by atoms with E-state index in [1.807, 2.05) is 20.8 Å². The van der Waals surface area contributed by atoms with Crippen LogP contribution in [0.4, 0.5) is 4.79 Å². The first-order valence-corrected chi connectivity index (χ1v) is 8.54. The molecule has 0 aromatic rings. The minimum atomic E-state index is -0.419. The van der Waals surface area contributed by atoms with Gasteiger partial charge in [-0.2, -0.15) is 0 Å². The zero-order valence-corrected chi connectivity index (χ0v) is 14.9. The Morgan fingerprint density at radius 1 is 1.45 bits per heavy atom. The Balaban J connectivity index is 1.74. The molecule has 1 amide bonds. The van der Waals surface area contributed by atoms with E-state index in [-0.39, 0.29) is 6.09 Å².